The van der Waals surface area contributed by atoms with Crippen molar-refractivity contribution in [3.63, 3.8) is 0 Å². The number of hydrogen-bond donors (Lipinski definition) is 2. The Bertz CT molecular complexity index is 652. The molecule has 0 bridgehead atoms. The van der Waals surface area contributed by atoms with E-state index in [0.29, 0.717) is 17.4 Å². The summed E-state index contributed by atoms with van der Waals surface area (Å²) in [5.74, 6) is 0.00999. The quantitative estimate of drug-likeness (QED) is 0.851. The smallest absolute Gasteiger partial charge is 0.291 e. The summed E-state index contributed by atoms with van der Waals surface area (Å²) < 4.78 is 5.08. The van der Waals surface area contributed by atoms with E-state index in [1.807, 2.05) is 12.1 Å². The molecule has 1 aliphatic rings. The van der Waals surface area contributed by atoms with Crippen LogP contribution in [0.5, 0.6) is 0 Å². The molecule has 1 aliphatic heterocycles. The molecule has 0 saturated carbocycles. The molecule has 3 rings (SSSR count). The first-order valence-electron chi connectivity index (χ1n) is 7.66. The van der Waals surface area contributed by atoms with Crippen LogP contribution in [0.1, 0.15) is 36.7 Å². The standard InChI is InChI=1S/C17H21N3O2/c1-12-5-2-3-9-20(12)15-8-7-13(11-14(15)18)19-17(21)16-6-4-10-22-16/h4,6-8,10-12H,2-3,5,9,18H2,1H3,(H,19,21). The van der Waals surface area contributed by atoms with Gasteiger partial charge in [-0.1, -0.05) is 0 Å². The van der Waals surface area contributed by atoms with Gasteiger partial charge in [0.1, 0.15) is 0 Å². The highest BCUT2D eigenvalue weighted by Crippen LogP contribution is 2.31. The van der Waals surface area contributed by atoms with Crippen molar-refractivity contribution in [2.45, 2.75) is 32.2 Å². The zero-order valence-electron chi connectivity index (χ0n) is 12.7. The van der Waals surface area contributed by atoms with E-state index in [-0.39, 0.29) is 11.7 Å². The van der Waals surface area contributed by atoms with E-state index in [2.05, 4.69) is 17.1 Å². The Morgan fingerprint density at radius 1 is 1.36 bits per heavy atom. The minimum Gasteiger partial charge on any atom is -0.459 e. The summed E-state index contributed by atoms with van der Waals surface area (Å²) in [6.07, 6.45) is 5.14. The molecule has 1 aromatic heterocycles. The minimum atomic E-state index is -0.275. The van der Waals surface area contributed by atoms with Gasteiger partial charge in [0.25, 0.3) is 5.91 Å². The van der Waals surface area contributed by atoms with Gasteiger partial charge in [0.2, 0.25) is 0 Å². The lowest BCUT2D eigenvalue weighted by atomic mass is 10.0. The van der Waals surface area contributed by atoms with Crippen LogP contribution in [-0.2, 0) is 0 Å². The van der Waals surface area contributed by atoms with Crippen LogP contribution < -0.4 is 16.0 Å². The molecule has 1 fully saturated rings. The molecule has 2 heterocycles. The van der Waals surface area contributed by atoms with Gasteiger partial charge in [-0.05, 0) is 56.5 Å². The van der Waals surface area contributed by atoms with Gasteiger partial charge in [-0.25, -0.2) is 0 Å². The van der Waals surface area contributed by atoms with E-state index in [1.54, 1.807) is 18.2 Å². The molecular weight excluding hydrogens is 278 g/mol. The first-order valence-corrected chi connectivity index (χ1v) is 7.66. The van der Waals surface area contributed by atoms with Crippen molar-refractivity contribution in [3.8, 4) is 0 Å². The van der Waals surface area contributed by atoms with Crippen LogP contribution in [0, 0.1) is 0 Å². The lowest BCUT2D eigenvalue weighted by Crippen LogP contribution is -2.37. The molecule has 1 aromatic carbocycles. The van der Waals surface area contributed by atoms with Crippen molar-refractivity contribution in [2.75, 3.05) is 22.5 Å². The second-order valence-corrected chi connectivity index (χ2v) is 5.74. The van der Waals surface area contributed by atoms with Crippen molar-refractivity contribution in [3.05, 3.63) is 42.4 Å². The van der Waals surface area contributed by atoms with E-state index in [0.717, 1.165) is 12.2 Å². The number of nitrogens with one attached hydrogen (secondary N) is 1. The average Bonchev–Trinajstić information content (AvgIpc) is 3.03. The molecule has 5 heteroatoms. The van der Waals surface area contributed by atoms with E-state index < -0.39 is 0 Å². The van der Waals surface area contributed by atoms with Crippen LogP contribution in [0.4, 0.5) is 17.1 Å². The number of anilines is 3. The fourth-order valence-electron chi connectivity index (χ4n) is 2.95. The SMILES string of the molecule is CC1CCCCN1c1ccc(NC(=O)c2ccco2)cc1N. The number of nitrogens with zero attached hydrogens (tertiary/aromatic N) is 1. The summed E-state index contributed by atoms with van der Waals surface area (Å²) >= 11 is 0. The summed E-state index contributed by atoms with van der Waals surface area (Å²) in [5.41, 5.74) is 8.60. The number of amides is 1. The number of nitrogens with two attached hydrogens (primary N) is 1. The van der Waals surface area contributed by atoms with Crippen molar-refractivity contribution in [2.24, 2.45) is 0 Å². The highest BCUT2D eigenvalue weighted by Gasteiger charge is 2.20. The molecule has 116 valence electrons. The fourth-order valence-corrected chi connectivity index (χ4v) is 2.95. The van der Waals surface area contributed by atoms with Gasteiger partial charge in [0.05, 0.1) is 17.6 Å². The van der Waals surface area contributed by atoms with E-state index in [1.165, 1.54) is 25.5 Å². The van der Waals surface area contributed by atoms with E-state index in [4.69, 9.17) is 10.2 Å². The Morgan fingerprint density at radius 2 is 2.23 bits per heavy atom. The maximum Gasteiger partial charge on any atom is 0.291 e. The van der Waals surface area contributed by atoms with E-state index in [9.17, 15) is 4.79 Å². The summed E-state index contributed by atoms with van der Waals surface area (Å²) in [5, 5.41) is 2.80. The molecule has 1 unspecified atom stereocenters. The molecule has 0 spiro atoms. The number of furan rings is 1. The molecule has 1 atom stereocenters. The number of rotatable bonds is 3. The fraction of sp³-hybridized carbons (Fsp3) is 0.353. The Kier molecular flexibility index (Phi) is 4.04. The average molecular weight is 299 g/mol. The Balaban J connectivity index is 1.76. The third kappa shape index (κ3) is 2.93. The van der Waals surface area contributed by atoms with Gasteiger partial charge in [-0.3, -0.25) is 4.79 Å². The van der Waals surface area contributed by atoms with Gasteiger partial charge >= 0.3 is 0 Å². The second kappa shape index (κ2) is 6.13. The molecule has 1 saturated heterocycles. The normalized spacial score (nSPS) is 18.2. The van der Waals surface area contributed by atoms with Crippen LogP contribution in [0.2, 0.25) is 0 Å². The molecular formula is C17H21N3O2. The zero-order valence-corrected chi connectivity index (χ0v) is 12.7. The number of carbonyl (C=O) groups is 1. The summed E-state index contributed by atoms with van der Waals surface area (Å²) in [6, 6.07) is 9.48. The van der Waals surface area contributed by atoms with Gasteiger partial charge in [-0.2, -0.15) is 0 Å². The molecule has 22 heavy (non-hydrogen) atoms. The molecule has 2 aromatic rings. The second-order valence-electron chi connectivity index (χ2n) is 5.74. The third-order valence-corrected chi connectivity index (χ3v) is 4.14. The Morgan fingerprint density at radius 3 is 2.91 bits per heavy atom. The highest BCUT2D eigenvalue weighted by molar-refractivity contribution is 6.02. The topological polar surface area (TPSA) is 71.5 Å². The maximum atomic E-state index is 12.0. The number of benzene rings is 1. The summed E-state index contributed by atoms with van der Waals surface area (Å²) in [7, 11) is 0. The van der Waals surface area contributed by atoms with Crippen molar-refractivity contribution in [1.29, 1.82) is 0 Å². The Labute approximate surface area is 130 Å². The Hall–Kier alpha value is -2.43. The van der Waals surface area contributed by atoms with Gasteiger partial charge < -0.3 is 20.4 Å². The number of piperidine rings is 1. The van der Waals surface area contributed by atoms with Crippen LogP contribution in [-0.4, -0.2) is 18.5 Å². The van der Waals surface area contributed by atoms with E-state index >= 15 is 0 Å². The summed E-state index contributed by atoms with van der Waals surface area (Å²) in [6.45, 7) is 3.26. The lowest BCUT2D eigenvalue weighted by Gasteiger charge is -2.36. The number of nitrogen functional groups attached to an aromatic ring is 1. The molecule has 0 aliphatic carbocycles. The molecule has 0 radical (unpaired) electrons. The monoisotopic (exact) mass is 299 g/mol. The maximum absolute atomic E-state index is 12.0. The predicted molar refractivity (Wildman–Crippen MR) is 88.2 cm³/mol. The molecule has 1 amide bonds. The van der Waals surface area contributed by atoms with Gasteiger partial charge in [-0.15, -0.1) is 0 Å². The van der Waals surface area contributed by atoms with Gasteiger partial charge in [0.15, 0.2) is 5.76 Å². The highest BCUT2D eigenvalue weighted by atomic mass is 16.3. The first kappa shape index (κ1) is 14.5. The van der Waals surface area contributed by atoms with Crippen molar-refractivity contribution >= 4 is 23.0 Å². The zero-order chi connectivity index (χ0) is 15.5. The predicted octanol–water partition coefficient (Wildman–Crippen LogP) is 3.49. The van der Waals surface area contributed by atoms with Crippen LogP contribution in [0.3, 0.4) is 0 Å². The van der Waals surface area contributed by atoms with Gasteiger partial charge in [0, 0.05) is 18.3 Å². The minimum absolute atomic E-state index is 0.275. The molecule has 5 nitrogen and oxygen atoms in total. The third-order valence-electron chi connectivity index (χ3n) is 4.14. The first-order chi connectivity index (χ1) is 10.6. The van der Waals surface area contributed by atoms with Crippen LogP contribution in [0.15, 0.2) is 41.0 Å². The number of carbonyl (C=O) groups excluding carboxylic acids is 1. The lowest BCUT2D eigenvalue weighted by molar-refractivity contribution is 0.0996. The summed E-state index contributed by atoms with van der Waals surface area (Å²) in [4.78, 5) is 14.3. The largest absolute Gasteiger partial charge is 0.459 e. The van der Waals surface area contributed by atoms with Crippen molar-refractivity contribution in [1.82, 2.24) is 0 Å². The number of hydrogen-bond acceptors (Lipinski definition) is 4. The molecule has 3 N–H and O–H groups in total. The van der Waals surface area contributed by atoms with Crippen molar-refractivity contribution < 1.29 is 9.21 Å². The van der Waals surface area contributed by atoms with Crippen LogP contribution >= 0.6 is 0 Å². The van der Waals surface area contributed by atoms with Crippen LogP contribution in [0.25, 0.3) is 0 Å².